The molecule has 106 valence electrons. The van der Waals surface area contributed by atoms with Crippen LogP contribution in [0.3, 0.4) is 0 Å². The number of fused-ring (bicyclic) bond motifs is 1. The van der Waals surface area contributed by atoms with E-state index in [0.717, 1.165) is 11.3 Å². The molecule has 0 bridgehead atoms. The van der Waals surface area contributed by atoms with Crippen molar-refractivity contribution in [2.24, 2.45) is 0 Å². The first-order valence-electron chi connectivity index (χ1n) is 6.36. The minimum atomic E-state index is -2.73. The molecule has 2 unspecified atom stereocenters. The molecule has 2 N–H and O–H groups in total. The predicted molar refractivity (Wildman–Crippen MR) is 68.5 cm³/mol. The fraction of sp³-hybridized carbons (Fsp3) is 0.571. The van der Waals surface area contributed by atoms with Crippen molar-refractivity contribution in [1.82, 2.24) is 5.32 Å². The van der Waals surface area contributed by atoms with E-state index in [4.69, 9.17) is 4.74 Å². The van der Waals surface area contributed by atoms with E-state index in [-0.39, 0.29) is 18.2 Å². The van der Waals surface area contributed by atoms with Crippen molar-refractivity contribution < 1.29 is 18.6 Å². The summed E-state index contributed by atoms with van der Waals surface area (Å²) in [5.41, 5.74) is 0.588. The van der Waals surface area contributed by atoms with Crippen molar-refractivity contribution in [3.63, 3.8) is 0 Å². The van der Waals surface area contributed by atoms with Crippen molar-refractivity contribution >= 4 is 0 Å². The summed E-state index contributed by atoms with van der Waals surface area (Å²) in [4.78, 5) is 0. The summed E-state index contributed by atoms with van der Waals surface area (Å²) in [6.45, 7) is 3.79. The van der Waals surface area contributed by atoms with Gasteiger partial charge < -0.3 is 15.2 Å². The van der Waals surface area contributed by atoms with Crippen molar-refractivity contribution in [1.29, 1.82) is 0 Å². The molecule has 5 heteroatoms. The number of halogens is 2. The van der Waals surface area contributed by atoms with Crippen LogP contribution in [-0.2, 0) is 0 Å². The normalized spacial score (nSPS) is 22.7. The second-order valence-electron chi connectivity index (χ2n) is 5.47. The first-order valence-corrected chi connectivity index (χ1v) is 6.36. The molecule has 1 heterocycles. The van der Waals surface area contributed by atoms with Gasteiger partial charge in [-0.25, -0.2) is 8.78 Å². The second kappa shape index (κ2) is 5.43. The molecule has 2 atom stereocenters. The number of aliphatic hydroxyl groups is 1. The van der Waals surface area contributed by atoms with Crippen LogP contribution in [0.15, 0.2) is 24.3 Å². The Bertz CT molecular complexity index is 437. The Kier molecular flexibility index (Phi) is 4.06. The van der Waals surface area contributed by atoms with Gasteiger partial charge in [0.25, 0.3) is 6.43 Å². The van der Waals surface area contributed by atoms with Crippen LogP contribution in [0, 0.1) is 0 Å². The number of ether oxygens (including phenoxy) is 1. The largest absolute Gasteiger partial charge is 0.487 e. The van der Waals surface area contributed by atoms with E-state index in [1.54, 1.807) is 0 Å². The Morgan fingerprint density at radius 2 is 2.11 bits per heavy atom. The van der Waals surface area contributed by atoms with Gasteiger partial charge in [0.05, 0.1) is 0 Å². The fourth-order valence-electron chi connectivity index (χ4n) is 2.34. The van der Waals surface area contributed by atoms with E-state index in [0.29, 0.717) is 6.42 Å². The highest BCUT2D eigenvalue weighted by molar-refractivity contribution is 5.38. The van der Waals surface area contributed by atoms with Gasteiger partial charge in [0.1, 0.15) is 17.5 Å². The number of aliphatic hydroxyl groups excluding tert-OH is 1. The maximum atomic E-state index is 12.3. The molecule has 0 spiro atoms. The van der Waals surface area contributed by atoms with Crippen molar-refractivity contribution in [3.05, 3.63) is 29.8 Å². The molecular weight excluding hydrogens is 252 g/mol. The Labute approximate surface area is 111 Å². The monoisotopic (exact) mass is 271 g/mol. The summed E-state index contributed by atoms with van der Waals surface area (Å²) < 4.78 is 30.5. The Morgan fingerprint density at radius 3 is 2.79 bits per heavy atom. The van der Waals surface area contributed by atoms with Gasteiger partial charge in [0, 0.05) is 24.6 Å². The smallest absolute Gasteiger partial charge is 0.265 e. The lowest BCUT2D eigenvalue weighted by Crippen LogP contribution is -2.42. The summed E-state index contributed by atoms with van der Waals surface area (Å²) >= 11 is 0. The number of rotatable bonds is 4. The van der Waals surface area contributed by atoms with Gasteiger partial charge in [-0.15, -0.1) is 0 Å². The first-order chi connectivity index (χ1) is 8.89. The summed E-state index contributed by atoms with van der Waals surface area (Å²) in [5, 5.41) is 12.2. The SMILES string of the molecule is CC1(C)CC(NCC(O)C(F)F)c2ccccc2O1. The van der Waals surface area contributed by atoms with Crippen molar-refractivity contribution in [2.75, 3.05) is 6.54 Å². The third-order valence-corrected chi connectivity index (χ3v) is 3.24. The van der Waals surface area contributed by atoms with Crippen LogP contribution in [0.5, 0.6) is 5.75 Å². The van der Waals surface area contributed by atoms with Gasteiger partial charge in [-0.3, -0.25) is 0 Å². The maximum Gasteiger partial charge on any atom is 0.265 e. The van der Waals surface area contributed by atoms with Crippen LogP contribution in [0.25, 0.3) is 0 Å². The van der Waals surface area contributed by atoms with Gasteiger partial charge in [0.2, 0.25) is 0 Å². The molecule has 1 aliphatic rings. The van der Waals surface area contributed by atoms with Gasteiger partial charge in [-0.2, -0.15) is 0 Å². The highest BCUT2D eigenvalue weighted by Crippen LogP contribution is 2.39. The second-order valence-corrected chi connectivity index (χ2v) is 5.47. The molecule has 0 radical (unpaired) electrons. The third-order valence-electron chi connectivity index (χ3n) is 3.24. The number of hydrogen-bond donors (Lipinski definition) is 2. The standard InChI is InChI=1S/C14H19F2NO2/c1-14(2)7-10(17-8-11(18)13(15)16)9-5-3-4-6-12(9)19-14/h3-6,10-11,13,17-18H,7-8H2,1-2H3. The molecule has 0 amide bonds. The van der Waals surface area contributed by atoms with Gasteiger partial charge in [-0.1, -0.05) is 18.2 Å². The Balaban J connectivity index is 2.12. The number of para-hydroxylation sites is 1. The molecule has 0 saturated heterocycles. The van der Waals surface area contributed by atoms with Crippen LogP contribution in [0.2, 0.25) is 0 Å². The zero-order valence-electron chi connectivity index (χ0n) is 11.1. The van der Waals surface area contributed by atoms with Gasteiger partial charge in [0.15, 0.2) is 0 Å². The Hall–Kier alpha value is -1.20. The van der Waals surface area contributed by atoms with Crippen molar-refractivity contribution in [3.8, 4) is 5.75 Å². The van der Waals surface area contributed by atoms with E-state index < -0.39 is 12.5 Å². The molecule has 0 saturated carbocycles. The fourth-order valence-corrected chi connectivity index (χ4v) is 2.34. The lowest BCUT2D eigenvalue weighted by Gasteiger charge is -2.38. The zero-order chi connectivity index (χ0) is 14.0. The number of nitrogens with one attached hydrogen (secondary N) is 1. The van der Waals surface area contributed by atoms with Crippen LogP contribution >= 0.6 is 0 Å². The molecule has 1 aliphatic heterocycles. The molecule has 3 nitrogen and oxygen atoms in total. The van der Waals surface area contributed by atoms with Crippen LogP contribution in [0.4, 0.5) is 8.78 Å². The summed E-state index contributed by atoms with van der Waals surface area (Å²) in [6.07, 6.45) is -3.70. The summed E-state index contributed by atoms with van der Waals surface area (Å²) in [7, 11) is 0. The average molecular weight is 271 g/mol. The molecule has 0 fully saturated rings. The maximum absolute atomic E-state index is 12.3. The molecule has 0 aliphatic carbocycles. The molecule has 1 aromatic rings. The minimum absolute atomic E-state index is 0.0895. The van der Waals surface area contributed by atoms with E-state index >= 15 is 0 Å². The lowest BCUT2D eigenvalue weighted by atomic mass is 9.89. The van der Waals surface area contributed by atoms with E-state index in [1.165, 1.54) is 0 Å². The number of alkyl halides is 2. The molecule has 1 aromatic carbocycles. The molecular formula is C14H19F2NO2. The minimum Gasteiger partial charge on any atom is -0.487 e. The number of benzene rings is 1. The molecule has 2 rings (SSSR count). The topological polar surface area (TPSA) is 41.5 Å². The van der Waals surface area contributed by atoms with Crippen LogP contribution in [0.1, 0.15) is 31.9 Å². The first kappa shape index (κ1) is 14.2. The quantitative estimate of drug-likeness (QED) is 0.884. The van der Waals surface area contributed by atoms with E-state index in [9.17, 15) is 13.9 Å². The van der Waals surface area contributed by atoms with E-state index in [1.807, 2.05) is 38.1 Å². The number of hydrogen-bond acceptors (Lipinski definition) is 3. The zero-order valence-corrected chi connectivity index (χ0v) is 11.1. The third kappa shape index (κ3) is 3.42. The van der Waals surface area contributed by atoms with Crippen LogP contribution in [-0.4, -0.2) is 29.8 Å². The summed E-state index contributed by atoms with van der Waals surface area (Å²) in [6, 6.07) is 7.46. The summed E-state index contributed by atoms with van der Waals surface area (Å²) in [5.74, 6) is 0.766. The van der Waals surface area contributed by atoms with Gasteiger partial charge >= 0.3 is 0 Å². The predicted octanol–water partition coefficient (Wildman–Crippen LogP) is 2.50. The van der Waals surface area contributed by atoms with Crippen LogP contribution < -0.4 is 10.1 Å². The lowest BCUT2D eigenvalue weighted by molar-refractivity contribution is -0.00781. The Morgan fingerprint density at radius 1 is 1.42 bits per heavy atom. The van der Waals surface area contributed by atoms with Gasteiger partial charge in [-0.05, 0) is 19.9 Å². The van der Waals surface area contributed by atoms with E-state index in [2.05, 4.69) is 5.32 Å². The highest BCUT2D eigenvalue weighted by atomic mass is 19.3. The van der Waals surface area contributed by atoms with Crippen molar-refractivity contribution in [2.45, 2.75) is 44.4 Å². The molecule has 0 aromatic heterocycles. The highest BCUT2D eigenvalue weighted by Gasteiger charge is 2.33. The average Bonchev–Trinajstić information content (AvgIpc) is 2.34. The molecule has 19 heavy (non-hydrogen) atoms.